The molecule has 0 aliphatic heterocycles. The van der Waals surface area contributed by atoms with Crippen LogP contribution in [0.3, 0.4) is 0 Å². The summed E-state index contributed by atoms with van der Waals surface area (Å²) in [6.07, 6.45) is 9.64. The largest absolute Gasteiger partial charge is 0.510 e. The number of hydrogen-bond donors (Lipinski definition) is 4. The summed E-state index contributed by atoms with van der Waals surface area (Å²) in [6, 6.07) is 51.9. The molecule has 8 aromatic carbocycles. The fourth-order valence-electron chi connectivity index (χ4n) is 7.21. The Morgan fingerprint density at radius 2 is 1.09 bits per heavy atom. The van der Waals surface area contributed by atoms with Gasteiger partial charge in [-0.2, -0.15) is 0 Å². The summed E-state index contributed by atoms with van der Waals surface area (Å²) in [5.74, 6) is -0.00417. The summed E-state index contributed by atoms with van der Waals surface area (Å²) in [5.41, 5.74) is 7.43. The van der Waals surface area contributed by atoms with Gasteiger partial charge in [0, 0.05) is 0 Å². The SMILES string of the molecule is C#C.CC(C)=C(O)CO.Cc1cccccc(/C=C(\O)CO)c2ccccc2c1-c1ccc2cc(-c3ccc4ccc5cccc6ccc3c4c56)ccc2c1. The molecule has 0 heterocycles. The molecule has 55 heavy (non-hydrogen) atoms. The Kier molecular flexibility index (Phi) is 11.8. The molecule has 0 bridgehead atoms. The van der Waals surface area contributed by atoms with Crippen LogP contribution in [0.4, 0.5) is 0 Å². The van der Waals surface area contributed by atoms with Crippen molar-refractivity contribution in [2.45, 2.75) is 20.8 Å². The van der Waals surface area contributed by atoms with E-state index in [0.717, 1.165) is 38.6 Å². The van der Waals surface area contributed by atoms with Crippen LogP contribution in [0.5, 0.6) is 0 Å². The maximum absolute atomic E-state index is 10.2. The average molecular weight is 721 g/mol. The number of hydrogen-bond acceptors (Lipinski definition) is 4. The van der Waals surface area contributed by atoms with Crippen LogP contribution in [0.25, 0.3) is 82.2 Å². The maximum Gasteiger partial charge on any atom is 0.118 e. The van der Waals surface area contributed by atoms with Crippen LogP contribution in [0.2, 0.25) is 0 Å². The molecule has 0 aliphatic carbocycles. The van der Waals surface area contributed by atoms with E-state index in [2.05, 4.69) is 135 Å². The smallest absolute Gasteiger partial charge is 0.118 e. The first-order chi connectivity index (χ1) is 26.8. The van der Waals surface area contributed by atoms with Gasteiger partial charge in [0.1, 0.15) is 24.7 Å². The van der Waals surface area contributed by atoms with Gasteiger partial charge in [-0.15, -0.1) is 12.8 Å². The lowest BCUT2D eigenvalue weighted by Gasteiger charge is -2.15. The highest BCUT2D eigenvalue weighted by Crippen LogP contribution is 2.40. The van der Waals surface area contributed by atoms with Crippen molar-refractivity contribution in [3.63, 3.8) is 0 Å². The molecular weight excluding hydrogens is 677 g/mol. The van der Waals surface area contributed by atoms with Crippen molar-refractivity contribution in [3.05, 3.63) is 174 Å². The predicted molar refractivity (Wildman–Crippen MR) is 234 cm³/mol. The van der Waals surface area contributed by atoms with E-state index < -0.39 is 6.61 Å². The molecule has 4 heteroatoms. The minimum absolute atomic E-state index is 0.0694. The highest BCUT2D eigenvalue weighted by molar-refractivity contribution is 6.25. The van der Waals surface area contributed by atoms with Crippen LogP contribution in [0.15, 0.2) is 163 Å². The van der Waals surface area contributed by atoms with E-state index in [-0.39, 0.29) is 18.1 Å². The molecule has 272 valence electrons. The Morgan fingerprint density at radius 1 is 0.527 bits per heavy atom. The van der Waals surface area contributed by atoms with Crippen LogP contribution in [-0.2, 0) is 0 Å². The van der Waals surface area contributed by atoms with Gasteiger partial charge in [-0.3, -0.25) is 0 Å². The topological polar surface area (TPSA) is 80.9 Å². The number of aryl methyl sites for hydroxylation is 1. The Labute approximate surface area is 322 Å². The molecule has 8 aromatic rings. The summed E-state index contributed by atoms with van der Waals surface area (Å²) in [5, 5.41) is 48.7. The third-order valence-electron chi connectivity index (χ3n) is 9.93. The zero-order valence-electron chi connectivity index (χ0n) is 31.3. The molecule has 0 saturated carbocycles. The van der Waals surface area contributed by atoms with E-state index >= 15 is 0 Å². The molecule has 0 atom stereocenters. The number of rotatable bonds is 5. The van der Waals surface area contributed by atoms with Crippen molar-refractivity contribution in [3.8, 4) is 35.1 Å². The second-order valence-corrected chi connectivity index (χ2v) is 13.6. The van der Waals surface area contributed by atoms with E-state index in [1.807, 2.05) is 30.3 Å². The van der Waals surface area contributed by atoms with Gasteiger partial charge in [0.2, 0.25) is 0 Å². The Hall–Kier alpha value is -6.64. The zero-order chi connectivity index (χ0) is 39.1. The summed E-state index contributed by atoms with van der Waals surface area (Å²) < 4.78 is 0. The summed E-state index contributed by atoms with van der Waals surface area (Å²) in [7, 11) is 0. The predicted octanol–water partition coefficient (Wildman–Crippen LogP) is 12.6. The van der Waals surface area contributed by atoms with E-state index in [0.29, 0.717) is 0 Å². The molecule has 0 aliphatic rings. The standard InChI is InChI=1S/C44H32O2.C5H10O2.C2H2/c1-28-8-3-2-4-9-34(26-37(46)27-45)38-12-5-6-13-40(38)42(28)36-19-17-32-24-35(18-16-33(32)25-36)39-22-20-31-15-14-29-10-7-11-30-21-23-41(39)44(31)43(29)30;1-4(2)5(7)3-6;1-2/h2-26,45-46H,27H2,1H3;6-7H,3H2,1-2H3;1-2H/b3-2?,4-2?,8-3?,9-4?,28-8?,34-9?,37-26-,38-34?,42-28?,42-40?;;. The van der Waals surface area contributed by atoms with E-state index in [4.69, 9.17) is 10.2 Å². The Bertz CT molecular complexity index is 2780. The fraction of sp³-hybridized carbons (Fsp3) is 0.0980. The van der Waals surface area contributed by atoms with Crippen molar-refractivity contribution in [1.82, 2.24) is 0 Å². The van der Waals surface area contributed by atoms with Crippen molar-refractivity contribution in [2.24, 2.45) is 0 Å². The van der Waals surface area contributed by atoms with Crippen LogP contribution < -0.4 is 0 Å². The molecule has 0 spiro atoms. The highest BCUT2D eigenvalue weighted by Gasteiger charge is 2.13. The highest BCUT2D eigenvalue weighted by atomic mass is 16.3. The molecule has 0 saturated heterocycles. The zero-order valence-corrected chi connectivity index (χ0v) is 31.3. The number of allylic oxidation sites excluding steroid dienone is 1. The van der Waals surface area contributed by atoms with Crippen LogP contribution >= 0.6 is 0 Å². The van der Waals surface area contributed by atoms with Crippen LogP contribution in [-0.4, -0.2) is 33.6 Å². The van der Waals surface area contributed by atoms with Crippen LogP contribution in [0, 0.1) is 19.8 Å². The van der Waals surface area contributed by atoms with Crippen LogP contribution in [0.1, 0.15) is 25.0 Å². The summed E-state index contributed by atoms with van der Waals surface area (Å²) in [4.78, 5) is 0. The van der Waals surface area contributed by atoms with Crippen molar-refractivity contribution < 1.29 is 20.4 Å². The minimum atomic E-state index is -0.411. The lowest BCUT2D eigenvalue weighted by molar-refractivity contribution is 0.250. The first-order valence-corrected chi connectivity index (χ1v) is 18.1. The first kappa shape index (κ1) is 38.1. The normalized spacial score (nSPS) is 11.1. The van der Waals surface area contributed by atoms with Gasteiger partial charge in [-0.05, 0) is 132 Å². The van der Waals surface area contributed by atoms with Crippen molar-refractivity contribution >= 4 is 59.9 Å². The molecular formula is C51H44O4. The average Bonchev–Trinajstić information content (AvgIpc) is 3.22. The van der Waals surface area contributed by atoms with Gasteiger partial charge in [0.25, 0.3) is 0 Å². The Balaban J connectivity index is 0.000000517. The summed E-state index contributed by atoms with van der Waals surface area (Å²) in [6.45, 7) is 4.97. The number of terminal acetylenes is 1. The number of fused-ring (bicyclic) bond motifs is 2. The molecule has 0 fully saturated rings. The fourth-order valence-corrected chi connectivity index (χ4v) is 7.21. The van der Waals surface area contributed by atoms with Gasteiger partial charge < -0.3 is 20.4 Å². The molecule has 0 radical (unpaired) electrons. The Morgan fingerprint density at radius 3 is 1.75 bits per heavy atom. The quantitative estimate of drug-likeness (QED) is 0.0811. The lowest BCUT2D eigenvalue weighted by atomic mass is 9.89. The van der Waals surface area contributed by atoms with Crippen molar-refractivity contribution in [1.29, 1.82) is 0 Å². The molecule has 0 unspecified atom stereocenters. The third-order valence-corrected chi connectivity index (χ3v) is 9.93. The monoisotopic (exact) mass is 720 g/mol. The molecule has 4 N–H and O–H groups in total. The summed E-state index contributed by atoms with van der Waals surface area (Å²) >= 11 is 0. The second kappa shape index (κ2) is 17.0. The minimum Gasteiger partial charge on any atom is -0.510 e. The van der Waals surface area contributed by atoms with E-state index in [1.165, 1.54) is 54.2 Å². The number of aliphatic hydroxyl groups excluding tert-OH is 4. The lowest BCUT2D eigenvalue weighted by Crippen LogP contribution is -1.89. The third kappa shape index (κ3) is 7.86. The van der Waals surface area contributed by atoms with Crippen molar-refractivity contribution in [2.75, 3.05) is 13.2 Å². The molecule has 4 nitrogen and oxygen atoms in total. The van der Waals surface area contributed by atoms with Gasteiger partial charge in [-0.1, -0.05) is 133 Å². The molecule has 0 amide bonds. The van der Waals surface area contributed by atoms with E-state index in [9.17, 15) is 10.2 Å². The van der Waals surface area contributed by atoms with Gasteiger partial charge in [0.15, 0.2) is 0 Å². The van der Waals surface area contributed by atoms with E-state index in [1.54, 1.807) is 19.9 Å². The molecule has 8 rings (SSSR count). The van der Waals surface area contributed by atoms with Gasteiger partial charge >= 0.3 is 0 Å². The second-order valence-electron chi connectivity index (χ2n) is 13.6. The first-order valence-electron chi connectivity index (χ1n) is 18.1. The van der Waals surface area contributed by atoms with Gasteiger partial charge in [-0.25, -0.2) is 0 Å². The number of aliphatic hydroxyl groups is 4. The number of benzene rings is 7. The maximum atomic E-state index is 10.2. The molecule has 0 aromatic heterocycles. The van der Waals surface area contributed by atoms with Gasteiger partial charge in [0.05, 0.1) is 0 Å².